The minimum atomic E-state index is -3.89. The van der Waals surface area contributed by atoms with Crippen LogP contribution in [0.2, 0.25) is 0 Å². The third kappa shape index (κ3) is 2.86. The largest absolute Gasteiger partial charge is 0.399 e. The van der Waals surface area contributed by atoms with Gasteiger partial charge >= 0.3 is 0 Å². The van der Waals surface area contributed by atoms with E-state index >= 15 is 0 Å². The molecule has 0 bridgehead atoms. The highest BCUT2D eigenvalue weighted by atomic mass is 32.2. The van der Waals surface area contributed by atoms with Gasteiger partial charge < -0.3 is 15.6 Å². The van der Waals surface area contributed by atoms with Gasteiger partial charge in [0.15, 0.2) is 0 Å². The van der Waals surface area contributed by atoms with Crippen molar-refractivity contribution in [2.45, 2.75) is 10.9 Å². The van der Waals surface area contributed by atoms with Crippen molar-refractivity contribution < 1.29 is 22.7 Å². The molecule has 1 heterocycles. The lowest BCUT2D eigenvalue weighted by Gasteiger charge is -2.33. The zero-order chi connectivity index (χ0) is 14.0. The Morgan fingerprint density at radius 1 is 1.47 bits per heavy atom. The van der Waals surface area contributed by atoms with E-state index in [9.17, 15) is 17.9 Å². The molecule has 19 heavy (non-hydrogen) atoms. The second-order valence-corrected chi connectivity index (χ2v) is 6.14. The average molecular weight is 290 g/mol. The highest BCUT2D eigenvalue weighted by molar-refractivity contribution is 7.89. The lowest BCUT2D eigenvalue weighted by Crippen LogP contribution is -2.50. The number of aliphatic hydroxyl groups excluding tert-OH is 1. The predicted octanol–water partition coefficient (Wildman–Crippen LogP) is -0.210. The first-order chi connectivity index (χ1) is 8.95. The van der Waals surface area contributed by atoms with Crippen LogP contribution >= 0.6 is 0 Å². The molecule has 0 saturated carbocycles. The van der Waals surface area contributed by atoms with E-state index in [0.29, 0.717) is 0 Å². The molecule has 1 aromatic carbocycles. The van der Waals surface area contributed by atoms with Gasteiger partial charge in [0, 0.05) is 12.2 Å². The van der Waals surface area contributed by atoms with Gasteiger partial charge in [-0.25, -0.2) is 12.8 Å². The fourth-order valence-electron chi connectivity index (χ4n) is 1.97. The summed E-state index contributed by atoms with van der Waals surface area (Å²) in [6, 6.07) is 2.49. The molecular formula is C11H15FN2O4S. The lowest BCUT2D eigenvalue weighted by atomic mass is 10.3. The fraction of sp³-hybridized carbons (Fsp3) is 0.455. The second-order valence-electron chi connectivity index (χ2n) is 4.25. The molecule has 1 aromatic rings. The quantitative estimate of drug-likeness (QED) is 0.751. The van der Waals surface area contributed by atoms with Crippen LogP contribution in [0.4, 0.5) is 10.1 Å². The lowest BCUT2D eigenvalue weighted by molar-refractivity contribution is 0.0109. The standard InChI is InChI=1S/C11H15FN2O4S/c12-8-3-9(13)5-11(4-8)19(16,17)14-1-2-18-7-10(14)6-15/h3-5,10,15H,1-2,6-7,13H2. The Labute approximate surface area is 110 Å². The number of halogens is 1. The average Bonchev–Trinajstić information content (AvgIpc) is 2.37. The molecular weight excluding hydrogens is 275 g/mol. The van der Waals surface area contributed by atoms with Crippen molar-refractivity contribution in [3.05, 3.63) is 24.0 Å². The van der Waals surface area contributed by atoms with Gasteiger partial charge in [-0.2, -0.15) is 4.31 Å². The summed E-state index contributed by atoms with van der Waals surface area (Å²) in [5.74, 6) is -0.715. The number of aliphatic hydroxyl groups is 1. The van der Waals surface area contributed by atoms with Crippen LogP contribution in [0.25, 0.3) is 0 Å². The molecule has 0 aliphatic carbocycles. The van der Waals surface area contributed by atoms with Crippen LogP contribution in [0.5, 0.6) is 0 Å². The molecule has 1 atom stereocenters. The predicted molar refractivity (Wildman–Crippen MR) is 66.4 cm³/mol. The number of rotatable bonds is 3. The topological polar surface area (TPSA) is 92.9 Å². The van der Waals surface area contributed by atoms with E-state index in [1.807, 2.05) is 0 Å². The number of nitrogens with two attached hydrogens (primary N) is 1. The number of sulfonamides is 1. The van der Waals surface area contributed by atoms with Crippen molar-refractivity contribution in [3.8, 4) is 0 Å². The van der Waals surface area contributed by atoms with E-state index in [1.165, 1.54) is 6.07 Å². The molecule has 2 rings (SSSR count). The van der Waals surface area contributed by atoms with Gasteiger partial charge in [-0.05, 0) is 18.2 Å². The minimum absolute atomic E-state index is 0.0346. The summed E-state index contributed by atoms with van der Waals surface area (Å²) in [5, 5.41) is 9.20. The van der Waals surface area contributed by atoms with Gasteiger partial charge in [0.05, 0.1) is 30.8 Å². The van der Waals surface area contributed by atoms with Gasteiger partial charge in [-0.1, -0.05) is 0 Å². The normalized spacial score (nSPS) is 21.5. The first-order valence-corrected chi connectivity index (χ1v) is 7.15. The van der Waals surface area contributed by atoms with Crippen molar-refractivity contribution in [2.75, 3.05) is 32.1 Å². The van der Waals surface area contributed by atoms with Crippen LogP contribution in [-0.4, -0.2) is 50.2 Å². The summed E-state index contributed by atoms with van der Waals surface area (Å²) in [6.45, 7) is 0.106. The Kier molecular flexibility index (Phi) is 4.04. The van der Waals surface area contributed by atoms with Crippen LogP contribution in [-0.2, 0) is 14.8 Å². The molecule has 8 heteroatoms. The van der Waals surface area contributed by atoms with Gasteiger partial charge in [0.25, 0.3) is 0 Å². The van der Waals surface area contributed by atoms with Gasteiger partial charge in [0.2, 0.25) is 10.0 Å². The minimum Gasteiger partial charge on any atom is -0.399 e. The number of hydrogen-bond donors (Lipinski definition) is 2. The fourth-order valence-corrected chi connectivity index (χ4v) is 3.62. The SMILES string of the molecule is Nc1cc(F)cc(S(=O)(=O)N2CCOCC2CO)c1. The molecule has 0 aromatic heterocycles. The number of nitrogen functional groups attached to an aromatic ring is 1. The molecule has 1 unspecified atom stereocenters. The van der Waals surface area contributed by atoms with E-state index < -0.39 is 21.9 Å². The van der Waals surface area contributed by atoms with E-state index in [1.54, 1.807) is 0 Å². The Morgan fingerprint density at radius 2 is 2.21 bits per heavy atom. The zero-order valence-corrected chi connectivity index (χ0v) is 10.9. The molecule has 0 radical (unpaired) electrons. The highest BCUT2D eigenvalue weighted by Crippen LogP contribution is 2.23. The zero-order valence-electron chi connectivity index (χ0n) is 10.1. The summed E-state index contributed by atoms with van der Waals surface area (Å²) in [7, 11) is -3.89. The number of hydrogen-bond acceptors (Lipinski definition) is 5. The van der Waals surface area contributed by atoms with Crippen LogP contribution in [0.3, 0.4) is 0 Å². The number of benzene rings is 1. The summed E-state index contributed by atoms with van der Waals surface area (Å²) < 4.78 is 44.3. The van der Waals surface area contributed by atoms with Crippen molar-refractivity contribution in [3.63, 3.8) is 0 Å². The maximum atomic E-state index is 13.3. The van der Waals surface area contributed by atoms with Crippen molar-refractivity contribution in [1.82, 2.24) is 4.31 Å². The Bertz CT molecular complexity index is 544. The first-order valence-electron chi connectivity index (χ1n) is 5.71. The number of morpholine rings is 1. The molecule has 3 N–H and O–H groups in total. The van der Waals surface area contributed by atoms with E-state index in [4.69, 9.17) is 10.5 Å². The number of ether oxygens (including phenoxy) is 1. The third-order valence-corrected chi connectivity index (χ3v) is 4.81. The molecule has 6 nitrogen and oxygen atoms in total. The van der Waals surface area contributed by atoms with Crippen LogP contribution < -0.4 is 5.73 Å². The van der Waals surface area contributed by atoms with Crippen molar-refractivity contribution in [1.29, 1.82) is 0 Å². The molecule has 1 aliphatic heterocycles. The van der Waals surface area contributed by atoms with Gasteiger partial charge in [-0.15, -0.1) is 0 Å². The summed E-state index contributed by atoms with van der Waals surface area (Å²) >= 11 is 0. The maximum absolute atomic E-state index is 13.3. The van der Waals surface area contributed by atoms with Crippen LogP contribution in [0.1, 0.15) is 0 Å². The van der Waals surface area contributed by atoms with Crippen LogP contribution in [0, 0.1) is 5.82 Å². The van der Waals surface area contributed by atoms with Crippen molar-refractivity contribution >= 4 is 15.7 Å². The summed E-state index contributed by atoms with van der Waals surface area (Å²) in [6.07, 6.45) is 0. The highest BCUT2D eigenvalue weighted by Gasteiger charge is 2.34. The summed E-state index contributed by atoms with van der Waals surface area (Å²) in [5.41, 5.74) is 5.49. The Morgan fingerprint density at radius 3 is 2.84 bits per heavy atom. The molecule has 106 valence electrons. The van der Waals surface area contributed by atoms with E-state index in [0.717, 1.165) is 16.4 Å². The van der Waals surface area contributed by atoms with Gasteiger partial charge in [0.1, 0.15) is 5.82 Å². The van der Waals surface area contributed by atoms with E-state index in [2.05, 4.69) is 0 Å². The first kappa shape index (κ1) is 14.2. The Balaban J connectivity index is 2.40. The smallest absolute Gasteiger partial charge is 0.243 e. The molecule has 0 spiro atoms. The van der Waals surface area contributed by atoms with E-state index in [-0.39, 0.29) is 36.9 Å². The Hall–Kier alpha value is -1.22. The molecule has 0 amide bonds. The maximum Gasteiger partial charge on any atom is 0.243 e. The molecule has 1 fully saturated rings. The van der Waals surface area contributed by atoms with Crippen molar-refractivity contribution in [2.24, 2.45) is 0 Å². The monoisotopic (exact) mass is 290 g/mol. The van der Waals surface area contributed by atoms with Gasteiger partial charge in [-0.3, -0.25) is 0 Å². The summed E-state index contributed by atoms with van der Waals surface area (Å²) in [4.78, 5) is -0.217. The second kappa shape index (κ2) is 5.41. The third-order valence-electron chi connectivity index (χ3n) is 2.88. The molecule has 1 saturated heterocycles. The van der Waals surface area contributed by atoms with Crippen LogP contribution in [0.15, 0.2) is 23.1 Å². The molecule has 1 aliphatic rings. The number of nitrogens with zero attached hydrogens (tertiary/aromatic N) is 1. The number of anilines is 1.